The van der Waals surface area contributed by atoms with Gasteiger partial charge in [0.2, 0.25) is 0 Å². The van der Waals surface area contributed by atoms with E-state index in [0.29, 0.717) is 17.8 Å². The van der Waals surface area contributed by atoms with Crippen LogP contribution in [0, 0.1) is 41.4 Å². The van der Waals surface area contributed by atoms with Gasteiger partial charge in [0.1, 0.15) is 5.60 Å². The predicted molar refractivity (Wildman–Crippen MR) is 90.0 cm³/mol. The molecule has 1 heteroatoms. The van der Waals surface area contributed by atoms with Crippen LogP contribution in [0.5, 0.6) is 0 Å². The summed E-state index contributed by atoms with van der Waals surface area (Å²) in [7, 11) is 0. The highest BCUT2D eigenvalue weighted by Gasteiger charge is 2.62. The normalized spacial score (nSPS) is 50.4. The molecule has 0 saturated heterocycles. The van der Waals surface area contributed by atoms with Gasteiger partial charge < -0.3 is 5.11 Å². The molecule has 118 valence electrons. The number of hydrogen-bond acceptors (Lipinski definition) is 1. The minimum Gasteiger partial charge on any atom is -0.377 e. The Morgan fingerprint density at radius 2 is 2.18 bits per heavy atom. The van der Waals surface area contributed by atoms with E-state index in [-0.39, 0.29) is 5.41 Å². The third-order valence-electron chi connectivity index (χ3n) is 7.66. The molecule has 0 aromatic carbocycles. The molecule has 6 atom stereocenters. The second-order valence-corrected chi connectivity index (χ2v) is 8.45. The van der Waals surface area contributed by atoms with Gasteiger partial charge >= 0.3 is 0 Å². The maximum absolute atomic E-state index is 11.0. The fourth-order valence-corrected chi connectivity index (χ4v) is 6.58. The molecule has 0 aliphatic heterocycles. The summed E-state index contributed by atoms with van der Waals surface area (Å²) >= 11 is 0. The van der Waals surface area contributed by atoms with Crippen LogP contribution in [0.2, 0.25) is 0 Å². The number of hydrogen-bond donors (Lipinski definition) is 1. The van der Waals surface area contributed by atoms with E-state index in [1.54, 1.807) is 5.57 Å². The Labute approximate surface area is 134 Å². The quantitative estimate of drug-likeness (QED) is 0.516. The Kier molecular flexibility index (Phi) is 3.15. The van der Waals surface area contributed by atoms with Crippen molar-refractivity contribution in [1.29, 1.82) is 0 Å². The molecular weight excluding hydrogens is 268 g/mol. The van der Waals surface area contributed by atoms with Crippen molar-refractivity contribution in [3.05, 3.63) is 23.8 Å². The van der Waals surface area contributed by atoms with E-state index in [9.17, 15) is 5.11 Å². The van der Waals surface area contributed by atoms with Gasteiger partial charge in [-0.05, 0) is 75.0 Å². The van der Waals surface area contributed by atoms with Crippen molar-refractivity contribution in [2.24, 2.45) is 29.1 Å². The minimum atomic E-state index is -0.922. The zero-order valence-corrected chi connectivity index (χ0v) is 13.8. The third-order valence-corrected chi connectivity index (χ3v) is 7.66. The molecule has 0 aromatic rings. The smallest absolute Gasteiger partial charge is 0.131 e. The molecule has 0 radical (unpaired) electrons. The molecule has 0 bridgehead atoms. The van der Waals surface area contributed by atoms with Gasteiger partial charge in [0.15, 0.2) is 0 Å². The van der Waals surface area contributed by atoms with Crippen LogP contribution in [0.1, 0.15) is 58.3 Å². The molecule has 1 nitrogen and oxygen atoms in total. The van der Waals surface area contributed by atoms with Crippen molar-refractivity contribution in [1.82, 2.24) is 0 Å². The second-order valence-electron chi connectivity index (χ2n) is 8.45. The maximum Gasteiger partial charge on any atom is 0.131 e. The topological polar surface area (TPSA) is 20.2 Å². The summed E-state index contributed by atoms with van der Waals surface area (Å²) in [6, 6.07) is 0. The highest BCUT2D eigenvalue weighted by atomic mass is 16.3. The number of rotatable bonds is 0. The van der Waals surface area contributed by atoms with Crippen molar-refractivity contribution in [3.63, 3.8) is 0 Å². The van der Waals surface area contributed by atoms with Gasteiger partial charge in [0, 0.05) is 5.41 Å². The summed E-state index contributed by atoms with van der Waals surface area (Å²) in [6.07, 6.45) is 17.5. The van der Waals surface area contributed by atoms with E-state index in [1.165, 1.54) is 37.7 Å². The zero-order chi connectivity index (χ0) is 15.5. The molecule has 0 spiro atoms. The molecule has 1 N–H and O–H groups in total. The number of terminal acetylenes is 1. The summed E-state index contributed by atoms with van der Waals surface area (Å²) in [4.78, 5) is 0. The fraction of sp³-hybridized carbons (Fsp3) is 0.714. The van der Waals surface area contributed by atoms with Crippen LogP contribution in [0.4, 0.5) is 0 Å². The van der Waals surface area contributed by atoms with E-state index in [4.69, 9.17) is 6.42 Å². The van der Waals surface area contributed by atoms with Gasteiger partial charge in [0.05, 0.1) is 0 Å². The van der Waals surface area contributed by atoms with Crippen molar-refractivity contribution in [2.75, 3.05) is 0 Å². The summed E-state index contributed by atoms with van der Waals surface area (Å²) in [5.74, 6) is 5.41. The van der Waals surface area contributed by atoms with E-state index >= 15 is 0 Å². The molecule has 0 aromatic heterocycles. The number of allylic oxidation sites excluding steroid dienone is 3. The van der Waals surface area contributed by atoms with Crippen LogP contribution in [-0.4, -0.2) is 10.7 Å². The largest absolute Gasteiger partial charge is 0.377 e. The monoisotopic (exact) mass is 296 g/mol. The van der Waals surface area contributed by atoms with Crippen LogP contribution in [0.3, 0.4) is 0 Å². The molecule has 4 aliphatic carbocycles. The van der Waals surface area contributed by atoms with Crippen LogP contribution in [0.15, 0.2) is 23.8 Å². The van der Waals surface area contributed by atoms with Crippen LogP contribution in [0.25, 0.3) is 0 Å². The van der Waals surface area contributed by atoms with Gasteiger partial charge in [-0.3, -0.25) is 0 Å². The standard InChI is InChI=1S/C21H28O/c1-4-21(22)12-11-18-17-10-9-15-7-5-6-8-16(15)19(17)14(2)13-20(18,21)3/h1,7,16-19,22H,2,5-6,8-13H2,3H3/t16-,17-,18+,19-,20-,21+/m0/s1. The Balaban J connectivity index is 1.72. The third kappa shape index (κ3) is 1.71. The lowest BCUT2D eigenvalue weighted by atomic mass is 9.49. The summed E-state index contributed by atoms with van der Waals surface area (Å²) < 4.78 is 0. The molecule has 0 heterocycles. The lowest BCUT2D eigenvalue weighted by Crippen LogP contribution is -2.52. The molecular formula is C21H28O. The van der Waals surface area contributed by atoms with Gasteiger partial charge in [-0.2, -0.15) is 0 Å². The van der Waals surface area contributed by atoms with E-state index < -0.39 is 5.60 Å². The van der Waals surface area contributed by atoms with Crippen molar-refractivity contribution in [3.8, 4) is 12.3 Å². The number of aliphatic hydroxyl groups is 1. The Morgan fingerprint density at radius 1 is 1.36 bits per heavy atom. The minimum absolute atomic E-state index is 0.157. The van der Waals surface area contributed by atoms with Gasteiger partial charge in [-0.15, -0.1) is 6.42 Å². The van der Waals surface area contributed by atoms with Crippen molar-refractivity contribution >= 4 is 0 Å². The first kappa shape index (κ1) is 14.6. The molecule has 3 fully saturated rings. The Morgan fingerprint density at radius 3 is 2.95 bits per heavy atom. The summed E-state index contributed by atoms with van der Waals surface area (Å²) in [5, 5.41) is 11.0. The summed E-state index contributed by atoms with van der Waals surface area (Å²) in [5.41, 5.74) is 2.00. The van der Waals surface area contributed by atoms with Gasteiger partial charge in [0.25, 0.3) is 0 Å². The average molecular weight is 296 g/mol. The van der Waals surface area contributed by atoms with Crippen LogP contribution in [-0.2, 0) is 0 Å². The highest BCUT2D eigenvalue weighted by Crippen LogP contribution is 2.65. The number of fused-ring (bicyclic) bond motifs is 5. The van der Waals surface area contributed by atoms with Crippen molar-refractivity contribution < 1.29 is 5.11 Å². The predicted octanol–water partition coefficient (Wildman–Crippen LogP) is 4.48. The lowest BCUT2D eigenvalue weighted by Gasteiger charge is -2.55. The molecule has 0 unspecified atom stereocenters. The molecule has 0 amide bonds. The van der Waals surface area contributed by atoms with Gasteiger partial charge in [-0.25, -0.2) is 0 Å². The highest BCUT2D eigenvalue weighted by molar-refractivity contribution is 5.31. The summed E-state index contributed by atoms with van der Waals surface area (Å²) in [6.45, 7) is 6.72. The van der Waals surface area contributed by atoms with E-state index in [0.717, 1.165) is 25.2 Å². The van der Waals surface area contributed by atoms with Crippen LogP contribution >= 0.6 is 0 Å². The fourth-order valence-electron chi connectivity index (χ4n) is 6.58. The zero-order valence-electron chi connectivity index (χ0n) is 13.8. The first-order valence-electron chi connectivity index (χ1n) is 9.07. The lowest BCUT2D eigenvalue weighted by molar-refractivity contribution is -0.0644. The Bertz CT molecular complexity index is 579. The average Bonchev–Trinajstić information content (AvgIpc) is 2.79. The molecule has 4 aliphatic rings. The maximum atomic E-state index is 11.0. The van der Waals surface area contributed by atoms with E-state index in [1.807, 2.05) is 0 Å². The SMILES string of the molecule is C#C[C@@]1(O)CC[C@@H]2[C@@H]3CCC4=CCCC[C@@H]4[C@@H]3C(=C)C[C@@]21C. The van der Waals surface area contributed by atoms with Gasteiger partial charge in [-0.1, -0.05) is 36.6 Å². The Hall–Kier alpha value is -1.00. The molecule has 3 saturated carbocycles. The second kappa shape index (κ2) is 4.75. The first-order chi connectivity index (χ1) is 10.5. The molecule has 22 heavy (non-hydrogen) atoms. The van der Waals surface area contributed by atoms with Crippen molar-refractivity contribution in [2.45, 2.75) is 63.9 Å². The van der Waals surface area contributed by atoms with Crippen LogP contribution < -0.4 is 0 Å². The van der Waals surface area contributed by atoms with E-state index in [2.05, 4.69) is 25.5 Å². The molecule has 4 rings (SSSR count). The first-order valence-corrected chi connectivity index (χ1v) is 9.07.